The van der Waals surface area contributed by atoms with Crippen LogP contribution in [0.25, 0.3) is 10.9 Å². The Morgan fingerprint density at radius 1 is 1.12 bits per heavy atom. The summed E-state index contributed by atoms with van der Waals surface area (Å²) >= 11 is 0. The van der Waals surface area contributed by atoms with Gasteiger partial charge < -0.3 is 9.30 Å². The Balaban J connectivity index is 0.00000210. The molecule has 1 unspecified atom stereocenters. The Kier molecular flexibility index (Phi) is 4.76. The Hall–Kier alpha value is -2.22. The summed E-state index contributed by atoms with van der Waals surface area (Å²) in [4.78, 5) is 0. The molecule has 0 saturated heterocycles. The Morgan fingerprint density at radius 2 is 1.92 bits per heavy atom. The van der Waals surface area contributed by atoms with Gasteiger partial charge in [-0.25, -0.2) is 0 Å². The standard InChI is InChI=1S/C24H29NO.H2/c1-4-19-7-5-6-8-23-24(19)21-15-20(26-3)13-14-22(21)25(23)16-18-11-9-17(2)10-12-18;/h9-15,19H,4-8,16H2,1-3H3;1H. The van der Waals surface area contributed by atoms with E-state index in [-0.39, 0.29) is 1.43 Å². The van der Waals surface area contributed by atoms with Gasteiger partial charge in [0.1, 0.15) is 5.75 Å². The van der Waals surface area contributed by atoms with Gasteiger partial charge in [-0.05, 0) is 67.9 Å². The summed E-state index contributed by atoms with van der Waals surface area (Å²) in [6, 6.07) is 15.6. The highest BCUT2D eigenvalue weighted by Crippen LogP contribution is 2.41. The van der Waals surface area contributed by atoms with Crippen LogP contribution >= 0.6 is 0 Å². The van der Waals surface area contributed by atoms with Crippen molar-refractivity contribution in [2.24, 2.45) is 0 Å². The second-order valence-electron chi connectivity index (χ2n) is 7.67. The molecule has 2 nitrogen and oxygen atoms in total. The summed E-state index contributed by atoms with van der Waals surface area (Å²) in [6.07, 6.45) is 6.35. The lowest BCUT2D eigenvalue weighted by atomic mass is 9.91. The van der Waals surface area contributed by atoms with Crippen molar-refractivity contribution in [2.45, 2.75) is 58.4 Å². The van der Waals surface area contributed by atoms with Crippen molar-refractivity contribution in [3.05, 3.63) is 64.8 Å². The SMILES string of the molecule is CCC1CCCCc2c1c1cc(OC)ccc1n2Cc1ccc(C)cc1.[HH]. The third kappa shape index (κ3) is 3.02. The second kappa shape index (κ2) is 7.19. The number of rotatable bonds is 4. The largest absolute Gasteiger partial charge is 0.497 e. The van der Waals surface area contributed by atoms with Gasteiger partial charge in [-0.1, -0.05) is 43.2 Å². The minimum atomic E-state index is 0. The number of benzene rings is 2. The predicted octanol–water partition coefficient (Wildman–Crippen LogP) is 6.47. The van der Waals surface area contributed by atoms with E-state index in [1.54, 1.807) is 18.4 Å². The van der Waals surface area contributed by atoms with Crippen molar-refractivity contribution in [3.8, 4) is 5.75 Å². The molecule has 1 heterocycles. The molecule has 1 aliphatic carbocycles. The summed E-state index contributed by atoms with van der Waals surface area (Å²) in [5.41, 5.74) is 7.20. The smallest absolute Gasteiger partial charge is 0.119 e. The second-order valence-corrected chi connectivity index (χ2v) is 7.67. The summed E-state index contributed by atoms with van der Waals surface area (Å²) in [5, 5.41) is 1.40. The molecule has 2 aromatic carbocycles. The van der Waals surface area contributed by atoms with Crippen LogP contribution in [0.5, 0.6) is 5.75 Å². The number of nitrogens with zero attached hydrogens (tertiary/aromatic N) is 1. The maximum absolute atomic E-state index is 5.54. The fourth-order valence-corrected chi connectivity index (χ4v) is 4.56. The number of hydrogen-bond donors (Lipinski definition) is 0. The van der Waals surface area contributed by atoms with E-state index in [1.807, 2.05) is 0 Å². The molecule has 0 saturated carbocycles. The molecule has 0 radical (unpaired) electrons. The molecule has 0 bridgehead atoms. The van der Waals surface area contributed by atoms with E-state index < -0.39 is 0 Å². The first-order chi connectivity index (χ1) is 12.7. The number of methoxy groups -OCH3 is 1. The topological polar surface area (TPSA) is 14.2 Å². The zero-order chi connectivity index (χ0) is 18.1. The number of aryl methyl sites for hydroxylation is 1. The van der Waals surface area contributed by atoms with Gasteiger partial charge in [0.15, 0.2) is 0 Å². The van der Waals surface area contributed by atoms with Crippen LogP contribution in [0, 0.1) is 6.92 Å². The van der Waals surface area contributed by atoms with Crippen molar-refractivity contribution >= 4 is 10.9 Å². The first kappa shape index (κ1) is 17.2. The molecule has 138 valence electrons. The van der Waals surface area contributed by atoms with Crippen LogP contribution in [0.4, 0.5) is 0 Å². The molecule has 0 aliphatic heterocycles. The summed E-state index contributed by atoms with van der Waals surface area (Å²) in [6.45, 7) is 5.44. The first-order valence-corrected chi connectivity index (χ1v) is 9.95. The summed E-state index contributed by atoms with van der Waals surface area (Å²) in [5.74, 6) is 1.63. The molecule has 0 spiro atoms. The number of ether oxygens (including phenoxy) is 1. The average molecular weight is 350 g/mol. The monoisotopic (exact) mass is 349 g/mol. The van der Waals surface area contributed by atoms with Crippen molar-refractivity contribution in [1.29, 1.82) is 0 Å². The van der Waals surface area contributed by atoms with E-state index in [0.29, 0.717) is 5.92 Å². The number of fused-ring (bicyclic) bond motifs is 3. The molecule has 2 heteroatoms. The molecule has 1 aliphatic rings. The van der Waals surface area contributed by atoms with E-state index in [9.17, 15) is 0 Å². The molecular formula is C24H31NO. The molecule has 4 rings (SSSR count). The van der Waals surface area contributed by atoms with Gasteiger partial charge in [0.2, 0.25) is 0 Å². The molecular weight excluding hydrogens is 318 g/mol. The van der Waals surface area contributed by atoms with E-state index in [1.165, 1.54) is 54.1 Å². The molecule has 0 fully saturated rings. The van der Waals surface area contributed by atoms with Crippen LogP contribution in [0.3, 0.4) is 0 Å². The average Bonchev–Trinajstić information content (AvgIpc) is 2.82. The van der Waals surface area contributed by atoms with E-state index in [0.717, 1.165) is 12.3 Å². The Bertz CT molecular complexity index is 910. The summed E-state index contributed by atoms with van der Waals surface area (Å²) in [7, 11) is 1.76. The molecule has 26 heavy (non-hydrogen) atoms. The van der Waals surface area contributed by atoms with Crippen LogP contribution in [0.15, 0.2) is 42.5 Å². The first-order valence-electron chi connectivity index (χ1n) is 9.95. The summed E-state index contributed by atoms with van der Waals surface area (Å²) < 4.78 is 8.12. The van der Waals surface area contributed by atoms with Crippen LogP contribution in [0.1, 0.15) is 62.3 Å². The van der Waals surface area contributed by atoms with Gasteiger partial charge in [0.05, 0.1) is 7.11 Å². The highest BCUT2D eigenvalue weighted by atomic mass is 16.5. The van der Waals surface area contributed by atoms with Gasteiger partial charge in [-0.2, -0.15) is 0 Å². The molecule has 0 amide bonds. The molecule has 1 aromatic heterocycles. The molecule has 3 aromatic rings. The van der Waals surface area contributed by atoms with E-state index in [2.05, 4.69) is 60.9 Å². The molecule has 1 atom stereocenters. The lowest BCUT2D eigenvalue weighted by Crippen LogP contribution is -2.06. The third-order valence-electron chi connectivity index (χ3n) is 6.00. The van der Waals surface area contributed by atoms with Crippen LogP contribution in [-0.2, 0) is 13.0 Å². The van der Waals surface area contributed by atoms with Crippen LogP contribution < -0.4 is 4.74 Å². The lowest BCUT2D eigenvalue weighted by molar-refractivity contribution is 0.415. The zero-order valence-electron chi connectivity index (χ0n) is 16.2. The highest BCUT2D eigenvalue weighted by Gasteiger charge is 2.25. The number of hydrogen-bond acceptors (Lipinski definition) is 1. The van der Waals surface area contributed by atoms with Crippen molar-refractivity contribution < 1.29 is 6.16 Å². The quantitative estimate of drug-likeness (QED) is 0.492. The van der Waals surface area contributed by atoms with Crippen LogP contribution in [-0.4, -0.2) is 11.7 Å². The third-order valence-corrected chi connectivity index (χ3v) is 6.00. The maximum Gasteiger partial charge on any atom is 0.119 e. The van der Waals surface area contributed by atoms with Gasteiger partial charge in [0, 0.05) is 24.6 Å². The zero-order valence-corrected chi connectivity index (χ0v) is 16.2. The van der Waals surface area contributed by atoms with Gasteiger partial charge in [-0.3, -0.25) is 0 Å². The minimum absolute atomic E-state index is 0. The predicted molar refractivity (Wildman–Crippen MR) is 111 cm³/mol. The van der Waals surface area contributed by atoms with Crippen molar-refractivity contribution in [2.75, 3.05) is 7.11 Å². The highest BCUT2D eigenvalue weighted by molar-refractivity contribution is 5.88. The number of aromatic nitrogens is 1. The van der Waals surface area contributed by atoms with Gasteiger partial charge in [-0.15, -0.1) is 0 Å². The fourth-order valence-electron chi connectivity index (χ4n) is 4.56. The maximum atomic E-state index is 5.54. The van der Waals surface area contributed by atoms with E-state index in [4.69, 9.17) is 4.74 Å². The van der Waals surface area contributed by atoms with Crippen LogP contribution in [0.2, 0.25) is 0 Å². The lowest BCUT2D eigenvalue weighted by Gasteiger charge is -2.14. The van der Waals surface area contributed by atoms with Gasteiger partial charge in [0.25, 0.3) is 0 Å². The van der Waals surface area contributed by atoms with Gasteiger partial charge >= 0.3 is 0 Å². The fraction of sp³-hybridized carbons (Fsp3) is 0.417. The minimum Gasteiger partial charge on any atom is -0.497 e. The Morgan fingerprint density at radius 3 is 2.65 bits per heavy atom. The normalized spacial score (nSPS) is 17.1. The Labute approximate surface area is 158 Å². The van der Waals surface area contributed by atoms with Crippen molar-refractivity contribution in [1.82, 2.24) is 4.57 Å². The van der Waals surface area contributed by atoms with E-state index >= 15 is 0 Å². The van der Waals surface area contributed by atoms with Crippen molar-refractivity contribution in [3.63, 3.8) is 0 Å². The molecule has 0 N–H and O–H groups in total.